The minimum absolute atomic E-state index is 0.126. The molecule has 9 nitrogen and oxygen atoms in total. The summed E-state index contributed by atoms with van der Waals surface area (Å²) in [7, 11) is 0. The van der Waals surface area contributed by atoms with Crippen molar-refractivity contribution in [1.29, 1.82) is 0 Å². The molecule has 1 aliphatic heterocycles. The predicted molar refractivity (Wildman–Crippen MR) is 165 cm³/mol. The first-order valence-corrected chi connectivity index (χ1v) is 14.4. The highest BCUT2D eigenvalue weighted by Gasteiger charge is 2.21. The summed E-state index contributed by atoms with van der Waals surface area (Å²) in [5.41, 5.74) is 7.85. The van der Waals surface area contributed by atoms with Gasteiger partial charge in [0.15, 0.2) is 0 Å². The largest absolute Gasteiger partial charge is 0.458 e. The third-order valence-electron chi connectivity index (χ3n) is 6.39. The molecule has 9 heteroatoms. The first kappa shape index (κ1) is 36.3. The van der Waals surface area contributed by atoms with Gasteiger partial charge in [-0.2, -0.15) is 0 Å². The number of amides is 2. The second-order valence-corrected chi connectivity index (χ2v) is 10.8. The van der Waals surface area contributed by atoms with Crippen LogP contribution in [0.15, 0.2) is 84.2 Å². The molecule has 0 aromatic carbocycles. The van der Waals surface area contributed by atoms with Gasteiger partial charge in [0, 0.05) is 31.0 Å². The van der Waals surface area contributed by atoms with Crippen molar-refractivity contribution in [2.24, 2.45) is 11.7 Å². The number of cyclic esters (lactones) is 1. The minimum atomic E-state index is -1.11. The van der Waals surface area contributed by atoms with Gasteiger partial charge in [-0.1, -0.05) is 72.8 Å². The Balaban J connectivity index is 3.08. The summed E-state index contributed by atoms with van der Waals surface area (Å²) in [6.07, 6.45) is 16.0. The first-order valence-electron chi connectivity index (χ1n) is 14.4. The zero-order chi connectivity index (χ0) is 31.5. The molecule has 42 heavy (non-hydrogen) atoms. The Morgan fingerprint density at radius 1 is 1.21 bits per heavy atom. The van der Waals surface area contributed by atoms with Gasteiger partial charge in [0.25, 0.3) is 0 Å². The van der Waals surface area contributed by atoms with Gasteiger partial charge in [-0.25, -0.2) is 9.59 Å². The quantitative estimate of drug-likeness (QED) is 0.182. The van der Waals surface area contributed by atoms with Crippen LogP contribution in [-0.2, 0) is 19.1 Å². The van der Waals surface area contributed by atoms with Crippen LogP contribution in [0.1, 0.15) is 72.6 Å². The average molecular weight is 585 g/mol. The zero-order valence-corrected chi connectivity index (χ0v) is 25.3. The Kier molecular flexibility index (Phi) is 17.5. The van der Waals surface area contributed by atoms with Gasteiger partial charge >= 0.3 is 12.1 Å². The molecule has 0 aromatic heterocycles. The fourth-order valence-electron chi connectivity index (χ4n) is 4.20. The van der Waals surface area contributed by atoms with E-state index in [1.54, 1.807) is 25.3 Å². The van der Waals surface area contributed by atoms with E-state index in [1.165, 1.54) is 18.2 Å². The molecule has 1 aliphatic rings. The number of aliphatic hydroxyl groups excluding tert-OH is 2. The summed E-state index contributed by atoms with van der Waals surface area (Å²) in [5.74, 6) is -0.706. The Bertz CT molecular complexity index is 1080. The van der Waals surface area contributed by atoms with Crippen LogP contribution >= 0.6 is 0 Å². The molecule has 0 unspecified atom stereocenters. The number of primary amides is 1. The molecule has 1 rings (SSSR count). The van der Waals surface area contributed by atoms with Crippen LogP contribution in [0.5, 0.6) is 0 Å². The number of allylic oxidation sites excluding steroid dienone is 6. The topological polar surface area (TPSA) is 148 Å². The molecule has 0 saturated heterocycles. The second-order valence-electron chi connectivity index (χ2n) is 10.8. The normalized spacial score (nSPS) is 27.9. The minimum Gasteiger partial charge on any atom is -0.458 e. The Morgan fingerprint density at radius 2 is 1.95 bits per heavy atom. The second kappa shape index (κ2) is 20.2. The van der Waals surface area contributed by atoms with Gasteiger partial charge in [-0.15, -0.1) is 0 Å². The highest BCUT2D eigenvalue weighted by Crippen LogP contribution is 2.21. The molecule has 0 bridgehead atoms. The van der Waals surface area contributed by atoms with Crippen LogP contribution in [0.25, 0.3) is 0 Å². The maximum absolute atomic E-state index is 12.6. The number of hydrogen-bond acceptors (Lipinski definition) is 7. The van der Waals surface area contributed by atoms with E-state index in [-0.39, 0.29) is 18.2 Å². The number of ether oxygens (including phenoxy) is 2. The van der Waals surface area contributed by atoms with E-state index in [4.69, 9.17) is 15.2 Å². The average Bonchev–Trinajstić information content (AvgIpc) is 2.89. The molecule has 5 atom stereocenters. The lowest BCUT2D eigenvalue weighted by Crippen LogP contribution is -2.32. The monoisotopic (exact) mass is 584 g/mol. The van der Waals surface area contributed by atoms with Crippen LogP contribution in [0.4, 0.5) is 4.79 Å². The summed E-state index contributed by atoms with van der Waals surface area (Å²) < 4.78 is 10.9. The number of nitrogens with one attached hydrogen (secondary N) is 1. The van der Waals surface area contributed by atoms with Crippen molar-refractivity contribution in [2.45, 2.75) is 97.1 Å². The van der Waals surface area contributed by atoms with Crippen LogP contribution in [0.2, 0.25) is 0 Å². The van der Waals surface area contributed by atoms with Gasteiger partial charge in [0.1, 0.15) is 18.3 Å². The van der Waals surface area contributed by atoms with Crippen molar-refractivity contribution in [3.05, 3.63) is 84.2 Å². The fourth-order valence-corrected chi connectivity index (χ4v) is 4.20. The maximum atomic E-state index is 12.6. The highest BCUT2D eigenvalue weighted by atomic mass is 16.6. The van der Waals surface area contributed by atoms with Gasteiger partial charge in [0.05, 0.1) is 6.10 Å². The Hall–Kier alpha value is -3.69. The lowest BCUT2D eigenvalue weighted by molar-refractivity contribution is -0.144. The summed E-state index contributed by atoms with van der Waals surface area (Å²) in [5, 5.41) is 23.4. The zero-order valence-electron chi connectivity index (χ0n) is 25.3. The molecule has 0 saturated carbocycles. The van der Waals surface area contributed by atoms with Gasteiger partial charge in [0.2, 0.25) is 5.91 Å². The summed E-state index contributed by atoms with van der Waals surface area (Å²) in [6.45, 7) is 11.4. The van der Waals surface area contributed by atoms with E-state index < -0.39 is 36.5 Å². The maximum Gasteiger partial charge on any atom is 0.404 e. The smallest absolute Gasteiger partial charge is 0.404 e. The van der Waals surface area contributed by atoms with Crippen molar-refractivity contribution >= 4 is 18.0 Å². The first-order chi connectivity index (χ1) is 19.9. The highest BCUT2D eigenvalue weighted by molar-refractivity contribution is 5.82. The number of hydrogen-bond donors (Lipinski definition) is 4. The third kappa shape index (κ3) is 17.2. The molecule has 5 N–H and O–H groups in total. The van der Waals surface area contributed by atoms with Crippen LogP contribution < -0.4 is 11.1 Å². The van der Waals surface area contributed by atoms with Crippen LogP contribution in [0, 0.1) is 5.92 Å². The number of aliphatic hydroxyl groups is 2. The SMILES string of the molecule is C=C(C)CC(=O)N/C=C/C(C)=C/[C@@H](C)[C@H]1C/C(C)=C/C=C/CC[C@H](OC(N)=O)[C@@H](O)/C=C/[C@@H](O)CCC/C=C/C(=O)O1. The standard InChI is InChI=1S/C33H48N2O7/c1-23(2)20-31(38)35-19-18-25(4)21-26(5)30-22-24(3)12-8-6-10-14-29(42-33(34)40)28(37)17-16-27(36)13-9-7-11-15-32(39)41-30/h6,8,11-12,15-19,21,26-30,36-37H,1,7,9-10,13-14,20,22H2,2-5H3,(H2,34,40)(H,35,38)/b8-6+,15-11+,17-16+,19-18+,24-12+,25-21+/t26-,27+,28+,29+,30-/m1/s1. The summed E-state index contributed by atoms with van der Waals surface area (Å²) in [4.78, 5) is 35.8. The molecule has 232 valence electrons. The Labute approximate surface area is 250 Å². The third-order valence-corrected chi connectivity index (χ3v) is 6.39. The van der Waals surface area contributed by atoms with Gasteiger partial charge < -0.3 is 30.7 Å². The number of rotatable bonds is 7. The van der Waals surface area contributed by atoms with E-state index in [9.17, 15) is 24.6 Å². The summed E-state index contributed by atoms with van der Waals surface area (Å²) >= 11 is 0. The lowest BCUT2D eigenvalue weighted by atomic mass is 9.95. The van der Waals surface area contributed by atoms with Gasteiger partial charge in [-0.3, -0.25) is 4.79 Å². The van der Waals surface area contributed by atoms with E-state index in [2.05, 4.69) is 11.9 Å². The van der Waals surface area contributed by atoms with E-state index in [0.29, 0.717) is 38.5 Å². The molecule has 2 amide bonds. The number of carbonyl (C=O) groups is 3. The molecule has 0 radical (unpaired) electrons. The molecule has 0 aromatic rings. The molecule has 1 heterocycles. The van der Waals surface area contributed by atoms with Crippen molar-refractivity contribution in [2.75, 3.05) is 0 Å². The number of carbonyl (C=O) groups excluding carboxylic acids is 3. The summed E-state index contributed by atoms with van der Waals surface area (Å²) in [6, 6.07) is 0. The number of esters is 1. The molecule has 0 aliphatic carbocycles. The van der Waals surface area contributed by atoms with Gasteiger partial charge in [-0.05, 0) is 59.0 Å². The van der Waals surface area contributed by atoms with E-state index >= 15 is 0 Å². The van der Waals surface area contributed by atoms with Crippen molar-refractivity contribution in [1.82, 2.24) is 5.32 Å². The Morgan fingerprint density at radius 3 is 2.64 bits per heavy atom. The van der Waals surface area contributed by atoms with Crippen LogP contribution in [0.3, 0.4) is 0 Å². The lowest BCUT2D eigenvalue weighted by Gasteiger charge is -2.22. The van der Waals surface area contributed by atoms with E-state index in [1.807, 2.05) is 45.1 Å². The van der Waals surface area contributed by atoms with E-state index in [0.717, 1.165) is 16.7 Å². The molecular formula is C33H48N2O7. The van der Waals surface area contributed by atoms with Crippen molar-refractivity contribution in [3.8, 4) is 0 Å². The number of nitrogens with two attached hydrogens (primary N) is 1. The van der Waals surface area contributed by atoms with Crippen LogP contribution in [-0.4, -0.2) is 52.6 Å². The molecular weight excluding hydrogens is 536 g/mol. The molecule has 0 fully saturated rings. The van der Waals surface area contributed by atoms with Crippen molar-refractivity contribution in [3.63, 3.8) is 0 Å². The van der Waals surface area contributed by atoms with Crippen molar-refractivity contribution < 1.29 is 34.1 Å². The molecule has 0 spiro atoms. The predicted octanol–water partition coefficient (Wildman–Crippen LogP) is 5.23. The fraction of sp³-hybridized carbons (Fsp3) is 0.485.